The minimum atomic E-state index is -0.913. The van der Waals surface area contributed by atoms with Gasteiger partial charge in [0.1, 0.15) is 0 Å². The van der Waals surface area contributed by atoms with Gasteiger partial charge in [0.2, 0.25) is 0 Å². The van der Waals surface area contributed by atoms with Crippen molar-refractivity contribution in [2.45, 2.75) is 350 Å². The number of aliphatic carboxylic acids is 6. The molecule has 0 atom stereocenters. The van der Waals surface area contributed by atoms with Gasteiger partial charge in [0.15, 0.2) is 0 Å². The van der Waals surface area contributed by atoms with E-state index in [1.54, 1.807) is 0 Å². The van der Waals surface area contributed by atoms with Crippen molar-refractivity contribution in [1.82, 2.24) is 0 Å². The Morgan fingerprint density at radius 1 is 0.176 bits per heavy atom. The average molecular weight is 1450 g/mol. The van der Waals surface area contributed by atoms with Crippen LogP contribution in [-0.2, 0) is 28.8 Å². The minimum absolute atomic E-state index is 0. The van der Waals surface area contributed by atoms with Gasteiger partial charge in [0.25, 0.3) is 0 Å². The van der Waals surface area contributed by atoms with Crippen molar-refractivity contribution in [2.75, 3.05) is 0 Å². The summed E-state index contributed by atoms with van der Waals surface area (Å²) < 4.78 is 0. The number of carboxylic acid groups (broad SMARTS) is 6. The van der Waals surface area contributed by atoms with E-state index < -0.39 is 35.8 Å². The van der Waals surface area contributed by atoms with Gasteiger partial charge in [-0.3, -0.25) is 0 Å². The summed E-state index contributed by atoms with van der Waals surface area (Å²) in [6, 6.07) is 0. The second kappa shape index (κ2) is 85.5. The Morgan fingerprint density at radius 3 is 0.338 bits per heavy atom. The fourth-order valence-electron chi connectivity index (χ4n) is 7.36. The number of hydrogen-bond acceptors (Lipinski definition) is 12. The van der Waals surface area contributed by atoms with Gasteiger partial charge in [-0.25, -0.2) is 0 Å². The molecule has 0 heterocycles. The Labute approximate surface area is 494 Å². The van der Waals surface area contributed by atoms with Crippen molar-refractivity contribution in [3.63, 3.8) is 0 Å². The molecule has 0 saturated heterocycles. The average Bonchev–Trinajstić information content (AvgIpc) is 3.33. The van der Waals surface area contributed by atoms with Crippen LogP contribution in [0, 0.1) is 0 Å². The van der Waals surface area contributed by atoms with Crippen LogP contribution < -0.4 is 30.6 Å². The van der Waals surface area contributed by atoms with Gasteiger partial charge in [-0.05, 0) is 77.0 Å². The first-order valence-corrected chi connectivity index (χ1v) is 29.8. The molecule has 0 unspecified atom stereocenters. The molecule has 0 saturated carbocycles. The molecule has 12 nitrogen and oxygen atoms in total. The Morgan fingerprint density at radius 2 is 0.257 bits per heavy atom. The Kier molecular flexibility index (Phi) is 103. The van der Waals surface area contributed by atoms with E-state index in [0.29, 0.717) is 0 Å². The van der Waals surface area contributed by atoms with Crippen molar-refractivity contribution in [3.8, 4) is 0 Å². The van der Waals surface area contributed by atoms with E-state index >= 15 is 0 Å². The molecule has 74 heavy (non-hydrogen) atoms. The zero-order valence-electron chi connectivity index (χ0n) is 48.7. The molecule has 0 aliphatic carbocycles. The monoisotopic (exact) mass is 1440 g/mol. The summed E-state index contributed by atoms with van der Waals surface area (Å²) >= 11 is 0. The third-order valence-corrected chi connectivity index (χ3v) is 11.9. The normalized spacial score (nSPS) is 9.81. The summed E-state index contributed by atoms with van der Waals surface area (Å²) in [5, 5.41) is 60.1. The molecule has 0 rings (SSSR count). The maximum atomic E-state index is 10.0. The largest absolute Gasteiger partial charge is 3.00 e. The van der Waals surface area contributed by atoms with Gasteiger partial charge < -0.3 is 59.4 Å². The smallest absolute Gasteiger partial charge is 0.550 e. The summed E-state index contributed by atoms with van der Waals surface area (Å²) in [6.07, 6.45) is 50.1. The number of hydrogen-bond donors (Lipinski definition) is 0. The topological polar surface area (TPSA) is 241 Å². The summed E-state index contributed by atoms with van der Waals surface area (Å²) in [5.41, 5.74) is 0. The molecule has 4 radical (unpaired) electrons. The first-order chi connectivity index (χ1) is 34.6. The predicted molar refractivity (Wildman–Crippen MR) is 297 cm³/mol. The summed E-state index contributed by atoms with van der Waals surface area (Å²) in [5.74, 6) is -5.48. The quantitative estimate of drug-likeness (QED) is 0.0408. The standard InChI is InChI=1S/6C10H20O2.2Bi/c6*1-2-3-4-5-6-7-8-9-10(11)12;;/h6*2-9H2,1H3,(H,11,12);;/q;;;;;;2*+3/p-6. The summed E-state index contributed by atoms with van der Waals surface area (Å²) in [4.78, 5) is 60.1. The van der Waals surface area contributed by atoms with Crippen LogP contribution in [-0.4, -0.2) is 88.2 Å². The molecule has 0 aromatic heterocycles. The fraction of sp³-hybridized carbons (Fsp3) is 0.900. The van der Waals surface area contributed by atoms with Gasteiger partial charge in [-0.1, -0.05) is 273 Å². The molecule has 14 heteroatoms. The van der Waals surface area contributed by atoms with E-state index in [4.69, 9.17) is 0 Å². The molecule has 0 bridgehead atoms. The maximum Gasteiger partial charge on any atom is 3.00 e. The number of carbonyl (C=O) groups is 6. The summed E-state index contributed by atoms with van der Waals surface area (Å²) in [6.45, 7) is 13.1. The van der Waals surface area contributed by atoms with E-state index in [1.807, 2.05) is 0 Å². The number of carboxylic acids is 6. The first kappa shape index (κ1) is 89.2. The second-order valence-electron chi connectivity index (χ2n) is 19.5. The Balaban J connectivity index is -0.000000117. The predicted octanol–water partition coefficient (Wildman–Crippen LogP) is 10.5. The molecule has 0 aliphatic rings. The molecule has 0 fully saturated rings. The molecular formula is C60H114Bi2O12. The SMILES string of the molecule is CCCCCCCCCC(=O)[O-].CCCCCCCCCC(=O)[O-].CCCCCCCCCC(=O)[O-].CCCCCCCCCC(=O)[O-].CCCCCCCCCC(=O)[O-].CCCCCCCCCC(=O)[O-].[Bi+3].[Bi+3]. The van der Waals surface area contributed by atoms with Crippen molar-refractivity contribution < 1.29 is 59.4 Å². The van der Waals surface area contributed by atoms with E-state index in [1.165, 1.54) is 193 Å². The van der Waals surface area contributed by atoms with Crippen LogP contribution in [0.2, 0.25) is 0 Å². The fourth-order valence-corrected chi connectivity index (χ4v) is 7.36. The van der Waals surface area contributed by atoms with Crippen molar-refractivity contribution >= 4 is 88.2 Å². The van der Waals surface area contributed by atoms with Gasteiger partial charge in [-0.15, -0.1) is 0 Å². The van der Waals surface area contributed by atoms with Gasteiger partial charge in [0, 0.05) is 35.8 Å². The van der Waals surface area contributed by atoms with Crippen LogP contribution in [0.1, 0.15) is 350 Å². The third-order valence-electron chi connectivity index (χ3n) is 11.9. The van der Waals surface area contributed by atoms with Gasteiger partial charge in [0.05, 0.1) is 0 Å². The minimum Gasteiger partial charge on any atom is -0.550 e. The van der Waals surface area contributed by atoms with E-state index in [-0.39, 0.29) is 90.9 Å². The van der Waals surface area contributed by atoms with Crippen LogP contribution in [0.15, 0.2) is 0 Å². The molecule has 0 aromatic rings. The number of unbranched alkanes of at least 4 members (excludes halogenated alkanes) is 36. The molecule has 0 amide bonds. The van der Waals surface area contributed by atoms with E-state index in [2.05, 4.69) is 41.5 Å². The third kappa shape index (κ3) is 124. The van der Waals surface area contributed by atoms with Crippen molar-refractivity contribution in [1.29, 1.82) is 0 Å². The van der Waals surface area contributed by atoms with Crippen molar-refractivity contribution in [2.24, 2.45) is 0 Å². The van der Waals surface area contributed by atoms with Crippen LogP contribution in [0.3, 0.4) is 0 Å². The Hall–Kier alpha value is -1.41. The number of rotatable bonds is 48. The first-order valence-electron chi connectivity index (χ1n) is 29.8. The zero-order valence-corrected chi connectivity index (χ0v) is 55.7. The molecule has 436 valence electrons. The molecule has 0 N–H and O–H groups in total. The van der Waals surface area contributed by atoms with Gasteiger partial charge >= 0.3 is 52.4 Å². The van der Waals surface area contributed by atoms with Crippen LogP contribution in [0.5, 0.6) is 0 Å². The summed E-state index contributed by atoms with van der Waals surface area (Å²) in [7, 11) is 0. The molecular weight excluding hydrogens is 1330 g/mol. The van der Waals surface area contributed by atoms with Crippen LogP contribution in [0.4, 0.5) is 0 Å². The molecule has 0 aliphatic heterocycles. The number of carbonyl (C=O) groups excluding carboxylic acids is 6. The Bertz CT molecular complexity index is 893. The van der Waals surface area contributed by atoms with E-state index in [9.17, 15) is 59.4 Å². The van der Waals surface area contributed by atoms with Crippen molar-refractivity contribution in [3.05, 3.63) is 0 Å². The molecule has 0 spiro atoms. The molecule has 0 aromatic carbocycles. The maximum absolute atomic E-state index is 10.0. The van der Waals surface area contributed by atoms with Crippen LogP contribution >= 0.6 is 0 Å². The van der Waals surface area contributed by atoms with Gasteiger partial charge in [-0.2, -0.15) is 0 Å². The van der Waals surface area contributed by atoms with E-state index in [0.717, 1.165) is 77.0 Å². The second-order valence-corrected chi connectivity index (χ2v) is 19.5. The zero-order chi connectivity index (χ0) is 55.4. The van der Waals surface area contributed by atoms with Crippen LogP contribution in [0.25, 0.3) is 0 Å².